The van der Waals surface area contributed by atoms with Crippen LogP contribution in [0.1, 0.15) is 73.4 Å². The summed E-state index contributed by atoms with van der Waals surface area (Å²) < 4.78 is 57.8. The van der Waals surface area contributed by atoms with E-state index in [0.29, 0.717) is 36.7 Å². The van der Waals surface area contributed by atoms with Crippen LogP contribution in [-0.4, -0.2) is 60.7 Å². The number of amides is 2. The number of rotatable bonds is 6. The molecule has 11 heteroatoms. The van der Waals surface area contributed by atoms with Crippen LogP contribution in [0.4, 0.5) is 8.78 Å². The largest absolute Gasteiger partial charge is 0.451 e. The smallest absolute Gasteiger partial charge is 0.290 e. The van der Waals surface area contributed by atoms with Gasteiger partial charge >= 0.3 is 0 Å². The number of nitrogens with one attached hydrogen (secondary N) is 1. The lowest BCUT2D eigenvalue weighted by molar-refractivity contribution is -0.140. The van der Waals surface area contributed by atoms with Crippen LogP contribution in [0.3, 0.4) is 0 Å². The number of likely N-dealkylation sites (N-methyl/N-ethyl adjacent to an activating group) is 1. The fourth-order valence-corrected chi connectivity index (χ4v) is 7.81. The first-order valence-electron chi connectivity index (χ1n) is 14.6. The molecule has 2 heterocycles. The van der Waals surface area contributed by atoms with Crippen molar-refractivity contribution in [2.45, 2.75) is 74.3 Å². The molecular formula is C32H33F2N3O5S. The molecule has 0 atom stereocenters. The number of carbonyl (C=O) groups is 2. The van der Waals surface area contributed by atoms with Crippen LogP contribution in [-0.2, 0) is 14.6 Å². The van der Waals surface area contributed by atoms with E-state index < -0.39 is 51.5 Å². The van der Waals surface area contributed by atoms with Crippen molar-refractivity contribution < 1.29 is 31.2 Å². The minimum absolute atomic E-state index is 0.0109. The van der Waals surface area contributed by atoms with Crippen LogP contribution in [0.5, 0.6) is 0 Å². The second kappa shape index (κ2) is 10.4. The van der Waals surface area contributed by atoms with Gasteiger partial charge in [-0.3, -0.25) is 9.59 Å². The van der Waals surface area contributed by atoms with Gasteiger partial charge in [-0.05, 0) is 73.3 Å². The average molecular weight is 610 g/mol. The molecule has 1 aliphatic heterocycles. The molecule has 2 saturated carbocycles. The molecule has 0 spiro atoms. The zero-order valence-corrected chi connectivity index (χ0v) is 24.7. The standard InChI is InChI=1S/C32H33F2N3O5S/c1-37(31(12-14-32(33,34)15-13-31)29(39)36-30(20-35)10-11-30)28(38)27-19-25-7-6-24(18-26(25)42-27)22-4-2-21(3-5-22)23-8-16-43(40,41)17-9-23/h2-7,18-19,23H,8-17H2,1H3,(H,36,39). The van der Waals surface area contributed by atoms with E-state index in [-0.39, 0.29) is 36.0 Å². The fourth-order valence-electron chi connectivity index (χ4n) is 6.31. The van der Waals surface area contributed by atoms with E-state index in [2.05, 4.69) is 11.4 Å². The van der Waals surface area contributed by atoms with Gasteiger partial charge in [0, 0.05) is 25.3 Å². The summed E-state index contributed by atoms with van der Waals surface area (Å²) in [4.78, 5) is 28.4. The lowest BCUT2D eigenvalue weighted by Gasteiger charge is -2.44. The van der Waals surface area contributed by atoms with Gasteiger partial charge in [-0.25, -0.2) is 17.2 Å². The summed E-state index contributed by atoms with van der Waals surface area (Å²) in [6.07, 6.45) is 0.668. The van der Waals surface area contributed by atoms with Crippen LogP contribution in [0.15, 0.2) is 52.9 Å². The summed E-state index contributed by atoms with van der Waals surface area (Å²) in [5, 5.41) is 12.9. The molecule has 2 aliphatic carbocycles. The van der Waals surface area contributed by atoms with Crippen LogP contribution in [0.2, 0.25) is 0 Å². The molecule has 3 aliphatic rings. The lowest BCUT2D eigenvalue weighted by Crippen LogP contribution is -2.63. The number of alkyl halides is 2. The summed E-state index contributed by atoms with van der Waals surface area (Å²) in [6.45, 7) is 0. The van der Waals surface area contributed by atoms with Crippen molar-refractivity contribution in [2.24, 2.45) is 0 Å². The van der Waals surface area contributed by atoms with Crippen LogP contribution in [0.25, 0.3) is 22.1 Å². The van der Waals surface area contributed by atoms with Gasteiger partial charge in [-0.1, -0.05) is 36.4 Å². The van der Waals surface area contributed by atoms with Gasteiger partial charge in [0.1, 0.15) is 26.5 Å². The minimum Gasteiger partial charge on any atom is -0.451 e. The first-order chi connectivity index (χ1) is 20.3. The second-order valence-corrected chi connectivity index (χ2v) is 14.6. The van der Waals surface area contributed by atoms with E-state index in [1.807, 2.05) is 42.5 Å². The Hall–Kier alpha value is -3.78. The highest BCUT2D eigenvalue weighted by Crippen LogP contribution is 2.44. The number of halogens is 2. The number of nitriles is 1. The molecule has 1 aromatic heterocycles. The summed E-state index contributed by atoms with van der Waals surface area (Å²) >= 11 is 0. The van der Waals surface area contributed by atoms with Crippen molar-refractivity contribution in [2.75, 3.05) is 18.6 Å². The summed E-state index contributed by atoms with van der Waals surface area (Å²) in [5.74, 6) is -3.48. The van der Waals surface area contributed by atoms with Crippen LogP contribution >= 0.6 is 0 Å². The summed E-state index contributed by atoms with van der Waals surface area (Å²) in [7, 11) is -1.50. The molecule has 3 aromatic rings. The number of fused-ring (bicyclic) bond motifs is 1. The Morgan fingerprint density at radius 2 is 1.58 bits per heavy atom. The molecular weight excluding hydrogens is 576 g/mol. The second-order valence-electron chi connectivity index (χ2n) is 12.3. The first-order valence-corrected chi connectivity index (χ1v) is 16.4. The quantitative estimate of drug-likeness (QED) is 0.389. The Bertz CT molecular complexity index is 1710. The molecule has 3 fully saturated rings. The highest BCUT2D eigenvalue weighted by Gasteiger charge is 2.55. The van der Waals surface area contributed by atoms with E-state index in [0.717, 1.165) is 16.7 Å². The van der Waals surface area contributed by atoms with Gasteiger partial charge < -0.3 is 14.6 Å². The van der Waals surface area contributed by atoms with E-state index in [1.165, 1.54) is 11.9 Å². The molecule has 2 aromatic carbocycles. The van der Waals surface area contributed by atoms with Gasteiger partial charge in [0.15, 0.2) is 5.76 Å². The number of hydrogen-bond donors (Lipinski definition) is 1. The predicted octanol–water partition coefficient (Wildman–Crippen LogP) is 5.58. The van der Waals surface area contributed by atoms with Gasteiger partial charge in [0.25, 0.3) is 5.91 Å². The maximum atomic E-state index is 14.1. The van der Waals surface area contributed by atoms with Gasteiger partial charge in [0.05, 0.1) is 17.6 Å². The molecule has 8 nitrogen and oxygen atoms in total. The SMILES string of the molecule is CN(C(=O)c1cc2ccc(-c3ccc(C4CCS(=O)(=O)CC4)cc3)cc2o1)C1(C(=O)NC2(C#N)CC2)CCC(F)(F)CC1. The van der Waals surface area contributed by atoms with Crippen molar-refractivity contribution in [3.05, 3.63) is 59.9 Å². The number of furan rings is 1. The zero-order valence-electron chi connectivity index (χ0n) is 23.9. The number of benzene rings is 2. The first kappa shape index (κ1) is 29.3. The highest BCUT2D eigenvalue weighted by molar-refractivity contribution is 7.91. The molecule has 0 radical (unpaired) electrons. The summed E-state index contributed by atoms with van der Waals surface area (Å²) in [6, 6.07) is 17.2. The Balaban J connectivity index is 1.22. The van der Waals surface area contributed by atoms with Gasteiger partial charge in [-0.2, -0.15) is 5.26 Å². The van der Waals surface area contributed by atoms with Crippen molar-refractivity contribution in [1.82, 2.24) is 10.2 Å². The Morgan fingerprint density at radius 3 is 2.19 bits per heavy atom. The molecule has 1 saturated heterocycles. The van der Waals surface area contributed by atoms with Crippen LogP contribution < -0.4 is 5.32 Å². The monoisotopic (exact) mass is 609 g/mol. The third-order valence-corrected chi connectivity index (χ3v) is 11.2. The number of carbonyl (C=O) groups excluding carboxylic acids is 2. The third-order valence-electron chi connectivity index (χ3n) is 9.50. The van der Waals surface area contributed by atoms with Gasteiger partial charge in [-0.15, -0.1) is 0 Å². The maximum absolute atomic E-state index is 14.1. The van der Waals surface area contributed by atoms with Crippen LogP contribution in [0, 0.1) is 11.3 Å². The zero-order chi connectivity index (χ0) is 30.6. The fraction of sp³-hybridized carbons (Fsp3) is 0.469. The van der Waals surface area contributed by atoms with E-state index in [4.69, 9.17) is 4.42 Å². The normalized spacial score (nSPS) is 21.9. The maximum Gasteiger partial charge on any atom is 0.290 e. The molecule has 1 N–H and O–H groups in total. The van der Waals surface area contributed by atoms with E-state index >= 15 is 0 Å². The topological polar surface area (TPSA) is 120 Å². The van der Waals surface area contributed by atoms with Gasteiger partial charge in [0.2, 0.25) is 11.8 Å². The lowest BCUT2D eigenvalue weighted by atomic mass is 9.77. The third kappa shape index (κ3) is 5.65. The molecule has 226 valence electrons. The number of sulfone groups is 1. The Morgan fingerprint density at radius 1 is 0.953 bits per heavy atom. The molecule has 0 bridgehead atoms. The molecule has 0 unspecified atom stereocenters. The Kier molecular flexibility index (Phi) is 7.11. The van der Waals surface area contributed by atoms with Crippen molar-refractivity contribution in [1.29, 1.82) is 5.26 Å². The number of nitrogens with zero attached hydrogens (tertiary/aromatic N) is 2. The molecule has 43 heavy (non-hydrogen) atoms. The van der Waals surface area contributed by atoms with E-state index in [9.17, 15) is 32.0 Å². The highest BCUT2D eigenvalue weighted by atomic mass is 32.2. The average Bonchev–Trinajstić information content (AvgIpc) is 3.63. The van der Waals surface area contributed by atoms with E-state index in [1.54, 1.807) is 6.07 Å². The summed E-state index contributed by atoms with van der Waals surface area (Å²) in [5.41, 5.74) is 0.836. The van der Waals surface area contributed by atoms with Crippen molar-refractivity contribution in [3.8, 4) is 17.2 Å². The molecule has 6 rings (SSSR count). The Labute approximate surface area is 248 Å². The minimum atomic E-state index is -2.93. The predicted molar refractivity (Wildman–Crippen MR) is 156 cm³/mol. The van der Waals surface area contributed by atoms with Crippen molar-refractivity contribution in [3.63, 3.8) is 0 Å². The number of hydrogen-bond acceptors (Lipinski definition) is 6. The van der Waals surface area contributed by atoms with Crippen molar-refractivity contribution >= 4 is 32.6 Å². The molecule has 2 amide bonds.